The number of alkyl halides is 2. The zero-order valence-corrected chi connectivity index (χ0v) is 7.96. The summed E-state index contributed by atoms with van der Waals surface area (Å²) in [6.07, 6.45) is -2.56. The van der Waals surface area contributed by atoms with E-state index in [4.69, 9.17) is 0 Å². The monoisotopic (exact) mass is 216 g/mol. The van der Waals surface area contributed by atoms with Crippen molar-refractivity contribution in [3.63, 3.8) is 0 Å². The maximum Gasteiger partial charge on any atom is 0.343 e. The number of hydrogen-bond acceptors (Lipinski definition) is 2. The minimum absolute atomic E-state index is 0.148. The Bertz CT molecular complexity index is 345. The van der Waals surface area contributed by atoms with E-state index in [2.05, 4.69) is 10.2 Å². The van der Waals surface area contributed by atoms with Crippen molar-refractivity contribution in [2.45, 2.75) is 6.43 Å². The molecule has 0 aromatic heterocycles. The van der Waals surface area contributed by atoms with Crippen LogP contribution < -0.4 is 10.8 Å². The van der Waals surface area contributed by atoms with Crippen LogP contribution in [0.15, 0.2) is 24.3 Å². The van der Waals surface area contributed by atoms with Gasteiger partial charge >= 0.3 is 6.03 Å². The van der Waals surface area contributed by atoms with Crippen molar-refractivity contribution >= 4 is 11.7 Å². The number of nitrogens with one attached hydrogen (secondary N) is 2. The van der Waals surface area contributed by atoms with E-state index in [0.29, 0.717) is 0 Å². The smallest absolute Gasteiger partial charge is 0.306 e. The van der Waals surface area contributed by atoms with Crippen molar-refractivity contribution in [2.75, 3.05) is 12.4 Å². The van der Waals surface area contributed by atoms with E-state index in [9.17, 15) is 13.6 Å². The SMILES string of the molecule is CONC(=O)Nc1cccc(C(F)F)c1. The third kappa shape index (κ3) is 3.51. The third-order valence-corrected chi connectivity index (χ3v) is 1.59. The van der Waals surface area contributed by atoms with Gasteiger partial charge in [0.1, 0.15) is 0 Å². The van der Waals surface area contributed by atoms with Crippen LogP contribution in [0.1, 0.15) is 12.0 Å². The lowest BCUT2D eigenvalue weighted by atomic mass is 10.2. The second-order valence-corrected chi connectivity index (χ2v) is 2.69. The van der Waals surface area contributed by atoms with Crippen LogP contribution in [0.3, 0.4) is 0 Å². The topological polar surface area (TPSA) is 50.4 Å². The molecule has 1 aromatic rings. The lowest BCUT2D eigenvalue weighted by Crippen LogP contribution is -2.27. The molecule has 15 heavy (non-hydrogen) atoms. The van der Waals surface area contributed by atoms with E-state index in [1.54, 1.807) is 0 Å². The van der Waals surface area contributed by atoms with E-state index in [1.807, 2.05) is 5.48 Å². The Balaban J connectivity index is 2.69. The molecule has 0 fully saturated rings. The molecule has 1 aromatic carbocycles. The Morgan fingerprint density at radius 1 is 1.47 bits per heavy atom. The summed E-state index contributed by atoms with van der Waals surface area (Å²) in [5.41, 5.74) is 2.14. The van der Waals surface area contributed by atoms with Gasteiger partial charge in [0.2, 0.25) is 0 Å². The molecule has 6 heteroatoms. The van der Waals surface area contributed by atoms with Crippen LogP contribution in [0.5, 0.6) is 0 Å². The fourth-order valence-corrected chi connectivity index (χ4v) is 1.00. The van der Waals surface area contributed by atoms with E-state index in [1.165, 1.54) is 31.4 Å². The zero-order chi connectivity index (χ0) is 11.3. The van der Waals surface area contributed by atoms with Crippen molar-refractivity contribution < 1.29 is 18.4 Å². The fraction of sp³-hybridized carbons (Fsp3) is 0.222. The van der Waals surface area contributed by atoms with Crippen molar-refractivity contribution in [1.29, 1.82) is 0 Å². The van der Waals surface area contributed by atoms with Gasteiger partial charge in [-0.05, 0) is 12.1 Å². The number of hydroxylamine groups is 1. The molecule has 0 atom stereocenters. The zero-order valence-electron chi connectivity index (χ0n) is 7.96. The Morgan fingerprint density at radius 3 is 2.80 bits per heavy atom. The first kappa shape index (κ1) is 11.4. The number of hydrogen-bond donors (Lipinski definition) is 2. The van der Waals surface area contributed by atoms with Crippen LogP contribution in [0, 0.1) is 0 Å². The van der Waals surface area contributed by atoms with Gasteiger partial charge in [0.15, 0.2) is 0 Å². The predicted molar refractivity (Wildman–Crippen MR) is 50.6 cm³/mol. The van der Waals surface area contributed by atoms with Crippen molar-refractivity contribution in [3.05, 3.63) is 29.8 Å². The molecule has 0 spiro atoms. The highest BCUT2D eigenvalue weighted by atomic mass is 19.3. The number of urea groups is 1. The molecule has 0 heterocycles. The van der Waals surface area contributed by atoms with Crippen LogP contribution >= 0.6 is 0 Å². The van der Waals surface area contributed by atoms with Gasteiger partial charge in [0, 0.05) is 11.3 Å². The molecule has 0 saturated carbocycles. The average molecular weight is 216 g/mol. The van der Waals surface area contributed by atoms with Gasteiger partial charge in [0.05, 0.1) is 7.11 Å². The standard InChI is InChI=1S/C9H10F2N2O2/c1-15-13-9(14)12-7-4-2-3-6(5-7)8(10)11/h2-5,8H,1H3,(H2,12,13,14). The second-order valence-electron chi connectivity index (χ2n) is 2.69. The normalized spacial score (nSPS) is 10.1. The quantitative estimate of drug-likeness (QED) is 0.761. The van der Waals surface area contributed by atoms with E-state index in [-0.39, 0.29) is 11.3 Å². The van der Waals surface area contributed by atoms with Gasteiger partial charge < -0.3 is 5.32 Å². The van der Waals surface area contributed by atoms with Crippen LogP contribution in [0.2, 0.25) is 0 Å². The van der Waals surface area contributed by atoms with Gasteiger partial charge in [-0.15, -0.1) is 0 Å². The highest BCUT2D eigenvalue weighted by molar-refractivity contribution is 5.88. The lowest BCUT2D eigenvalue weighted by molar-refractivity contribution is 0.114. The molecular formula is C9H10F2N2O2. The van der Waals surface area contributed by atoms with E-state index < -0.39 is 12.5 Å². The minimum Gasteiger partial charge on any atom is -0.306 e. The molecule has 2 N–H and O–H groups in total. The summed E-state index contributed by atoms with van der Waals surface area (Å²) in [4.78, 5) is 15.3. The van der Waals surface area contributed by atoms with Gasteiger partial charge in [0.25, 0.3) is 6.43 Å². The molecule has 0 saturated heterocycles. The second kappa shape index (κ2) is 5.26. The largest absolute Gasteiger partial charge is 0.343 e. The summed E-state index contributed by atoms with van der Waals surface area (Å²) in [5.74, 6) is 0. The first-order valence-corrected chi connectivity index (χ1v) is 4.11. The number of amides is 2. The molecular weight excluding hydrogens is 206 g/mol. The number of rotatable bonds is 3. The molecule has 4 nitrogen and oxygen atoms in total. The Kier molecular flexibility index (Phi) is 3.99. The lowest BCUT2D eigenvalue weighted by Gasteiger charge is -2.06. The fourth-order valence-electron chi connectivity index (χ4n) is 1.00. The first-order valence-electron chi connectivity index (χ1n) is 4.11. The molecule has 0 aliphatic heterocycles. The summed E-state index contributed by atoms with van der Waals surface area (Å²) < 4.78 is 24.6. The first-order chi connectivity index (χ1) is 7.13. The molecule has 1 rings (SSSR count). The van der Waals surface area contributed by atoms with Crippen molar-refractivity contribution in [3.8, 4) is 0 Å². The van der Waals surface area contributed by atoms with Crippen LogP contribution in [-0.2, 0) is 4.84 Å². The number of carbonyl (C=O) groups excluding carboxylic acids is 1. The number of benzene rings is 1. The summed E-state index contributed by atoms with van der Waals surface area (Å²) in [6, 6.07) is 4.79. The van der Waals surface area contributed by atoms with E-state index >= 15 is 0 Å². The third-order valence-electron chi connectivity index (χ3n) is 1.59. The van der Waals surface area contributed by atoms with Gasteiger partial charge in [-0.2, -0.15) is 0 Å². The number of halogens is 2. The van der Waals surface area contributed by atoms with Gasteiger partial charge in [-0.1, -0.05) is 12.1 Å². The minimum atomic E-state index is -2.56. The highest BCUT2D eigenvalue weighted by Gasteiger charge is 2.08. The maximum atomic E-state index is 12.3. The van der Waals surface area contributed by atoms with Gasteiger partial charge in [-0.25, -0.2) is 19.1 Å². The summed E-state index contributed by atoms with van der Waals surface area (Å²) in [6.45, 7) is 0. The van der Waals surface area contributed by atoms with Crippen molar-refractivity contribution in [2.24, 2.45) is 0 Å². The molecule has 0 radical (unpaired) electrons. The Hall–Kier alpha value is -1.69. The summed E-state index contributed by atoms with van der Waals surface area (Å²) in [7, 11) is 1.27. The average Bonchev–Trinajstić information content (AvgIpc) is 2.18. The number of carbonyl (C=O) groups is 1. The molecule has 2 amide bonds. The molecule has 0 aliphatic carbocycles. The summed E-state index contributed by atoms with van der Waals surface area (Å²) >= 11 is 0. The Morgan fingerprint density at radius 2 is 2.20 bits per heavy atom. The Labute approximate surface area is 85.2 Å². The molecule has 82 valence electrons. The van der Waals surface area contributed by atoms with Crippen LogP contribution in [0.25, 0.3) is 0 Å². The van der Waals surface area contributed by atoms with E-state index in [0.717, 1.165) is 0 Å². The van der Waals surface area contributed by atoms with Crippen molar-refractivity contribution in [1.82, 2.24) is 5.48 Å². The van der Waals surface area contributed by atoms with Gasteiger partial charge in [-0.3, -0.25) is 4.84 Å². The summed E-state index contributed by atoms with van der Waals surface area (Å²) in [5, 5.41) is 2.33. The molecule has 0 unspecified atom stereocenters. The molecule has 0 bridgehead atoms. The van der Waals surface area contributed by atoms with Crippen LogP contribution in [0.4, 0.5) is 19.3 Å². The van der Waals surface area contributed by atoms with Crippen LogP contribution in [-0.4, -0.2) is 13.1 Å². The maximum absolute atomic E-state index is 12.3. The number of anilines is 1. The predicted octanol–water partition coefficient (Wildman–Crippen LogP) is 2.31. The highest BCUT2D eigenvalue weighted by Crippen LogP contribution is 2.21. The molecule has 0 aliphatic rings.